The lowest BCUT2D eigenvalue weighted by atomic mass is 9.84. The summed E-state index contributed by atoms with van der Waals surface area (Å²) in [5.41, 5.74) is -2.42. The number of alkyl halides is 6. The minimum Gasteiger partial charge on any atom is -0.333 e. The van der Waals surface area contributed by atoms with Crippen LogP contribution < -0.4 is 0 Å². The van der Waals surface area contributed by atoms with E-state index in [2.05, 4.69) is 0 Å². The maximum Gasteiger partial charge on any atom is 0.427 e. The van der Waals surface area contributed by atoms with Crippen LogP contribution in [0.15, 0.2) is 91.0 Å². The average molecular weight is 454 g/mol. The van der Waals surface area contributed by atoms with Gasteiger partial charge < -0.3 is 4.52 Å². The van der Waals surface area contributed by atoms with Crippen molar-refractivity contribution in [1.82, 2.24) is 0 Å². The highest BCUT2D eigenvalue weighted by atomic mass is 31.1. The minimum atomic E-state index is -5.57. The van der Waals surface area contributed by atoms with Gasteiger partial charge in [0.1, 0.15) is 0 Å². The molecule has 1 saturated heterocycles. The smallest absolute Gasteiger partial charge is 0.333 e. The van der Waals surface area contributed by atoms with Crippen LogP contribution in [0.4, 0.5) is 26.3 Å². The average Bonchev–Trinajstić information content (AvgIpc) is 2.70. The Bertz CT molecular complexity index is 900. The number of rotatable bonds is 4. The van der Waals surface area contributed by atoms with E-state index in [9.17, 15) is 26.3 Å². The molecule has 1 unspecified atom stereocenters. The van der Waals surface area contributed by atoms with Crippen LogP contribution in [0.25, 0.3) is 0 Å². The molecular formula is C23H17F6OP. The van der Waals surface area contributed by atoms with Crippen LogP contribution >= 0.6 is 8.15 Å². The second-order valence-electron chi connectivity index (χ2n) is 7.26. The van der Waals surface area contributed by atoms with Crippen molar-refractivity contribution in [2.24, 2.45) is 0 Å². The Morgan fingerprint density at radius 3 is 1.13 bits per heavy atom. The SMILES string of the molecule is FC(F)(F)C1(C(F)(F)F)CP(C(c2ccccc2)(c2ccccc2)c2ccccc2)O1. The van der Waals surface area contributed by atoms with E-state index in [4.69, 9.17) is 4.52 Å². The summed E-state index contributed by atoms with van der Waals surface area (Å²) in [6.07, 6.45) is -12.3. The first-order valence-electron chi connectivity index (χ1n) is 9.40. The lowest BCUT2D eigenvalue weighted by Crippen LogP contribution is -2.66. The molecule has 0 aliphatic carbocycles. The summed E-state index contributed by atoms with van der Waals surface area (Å²) in [6, 6.07) is 25.8. The van der Waals surface area contributed by atoms with Gasteiger partial charge in [0.2, 0.25) is 0 Å². The molecule has 3 aromatic rings. The molecule has 1 heterocycles. The van der Waals surface area contributed by atoms with Crippen molar-refractivity contribution in [1.29, 1.82) is 0 Å². The Kier molecular flexibility index (Phi) is 5.39. The number of halogens is 6. The van der Waals surface area contributed by atoms with Gasteiger partial charge in [-0.15, -0.1) is 0 Å². The molecule has 1 aliphatic rings. The maximum absolute atomic E-state index is 13.6. The lowest BCUT2D eigenvalue weighted by Gasteiger charge is -2.55. The summed E-state index contributed by atoms with van der Waals surface area (Å²) in [5.74, 6) is 0. The Balaban J connectivity index is 1.95. The molecule has 0 amide bonds. The molecule has 1 atom stereocenters. The molecule has 1 nitrogen and oxygen atoms in total. The van der Waals surface area contributed by atoms with Crippen molar-refractivity contribution < 1.29 is 30.9 Å². The van der Waals surface area contributed by atoms with E-state index in [1.165, 1.54) is 0 Å². The molecule has 0 bridgehead atoms. The first-order chi connectivity index (χ1) is 14.6. The summed E-state index contributed by atoms with van der Waals surface area (Å²) < 4.78 is 86.5. The fourth-order valence-corrected chi connectivity index (χ4v) is 7.00. The monoisotopic (exact) mass is 454 g/mol. The summed E-state index contributed by atoms with van der Waals surface area (Å²) in [6.45, 7) is 0. The molecule has 0 aromatic heterocycles. The summed E-state index contributed by atoms with van der Waals surface area (Å²) in [4.78, 5) is 0. The van der Waals surface area contributed by atoms with Gasteiger partial charge in [-0.25, -0.2) is 0 Å². The Morgan fingerprint density at radius 2 is 0.871 bits per heavy atom. The van der Waals surface area contributed by atoms with Crippen LogP contribution in [0.3, 0.4) is 0 Å². The number of hydrogen-bond acceptors (Lipinski definition) is 1. The summed E-state index contributed by atoms with van der Waals surface area (Å²) in [7, 11) is -2.23. The molecular weight excluding hydrogens is 437 g/mol. The third-order valence-corrected chi connectivity index (χ3v) is 8.28. The van der Waals surface area contributed by atoms with E-state index >= 15 is 0 Å². The quantitative estimate of drug-likeness (QED) is 0.229. The van der Waals surface area contributed by atoms with Crippen LogP contribution in [-0.4, -0.2) is 24.1 Å². The first-order valence-corrected chi connectivity index (χ1v) is 10.8. The third-order valence-electron chi connectivity index (χ3n) is 5.50. The first kappa shape index (κ1) is 21.8. The van der Waals surface area contributed by atoms with Gasteiger partial charge in [-0.3, -0.25) is 0 Å². The lowest BCUT2D eigenvalue weighted by molar-refractivity contribution is -0.360. The van der Waals surface area contributed by atoms with Crippen molar-refractivity contribution in [2.75, 3.05) is 6.16 Å². The van der Waals surface area contributed by atoms with Gasteiger partial charge in [0.25, 0.3) is 5.60 Å². The van der Waals surface area contributed by atoms with Crippen molar-refractivity contribution in [3.8, 4) is 0 Å². The topological polar surface area (TPSA) is 9.23 Å². The van der Waals surface area contributed by atoms with E-state index in [0.717, 1.165) is 0 Å². The predicted molar refractivity (Wildman–Crippen MR) is 107 cm³/mol. The van der Waals surface area contributed by atoms with E-state index in [1.54, 1.807) is 91.0 Å². The molecule has 0 spiro atoms. The third kappa shape index (κ3) is 3.35. The van der Waals surface area contributed by atoms with Crippen molar-refractivity contribution in [3.63, 3.8) is 0 Å². The van der Waals surface area contributed by atoms with Crippen LogP contribution in [0.1, 0.15) is 16.7 Å². The van der Waals surface area contributed by atoms with E-state index in [0.29, 0.717) is 16.7 Å². The zero-order chi connectivity index (χ0) is 22.3. The van der Waals surface area contributed by atoms with E-state index in [-0.39, 0.29) is 0 Å². The highest BCUT2D eigenvalue weighted by Gasteiger charge is 2.80. The Labute approximate surface area is 176 Å². The van der Waals surface area contributed by atoms with Crippen molar-refractivity contribution in [2.45, 2.75) is 23.1 Å². The standard InChI is InChI=1S/C23H17F6OP/c24-22(25,26)20(23(27,28)29)16-31(30-20)21(17-10-4-1-5-11-17,18-12-6-2-7-13-18)19-14-8-3-9-15-19/h1-15H,16H2. The Hall–Kier alpha value is -2.37. The van der Waals surface area contributed by atoms with Crippen LogP contribution in [-0.2, 0) is 9.68 Å². The number of hydrogen-bond donors (Lipinski definition) is 0. The molecule has 8 heteroatoms. The maximum atomic E-state index is 13.6. The van der Waals surface area contributed by atoms with Crippen LogP contribution in [0, 0.1) is 0 Å². The second-order valence-corrected chi connectivity index (χ2v) is 9.19. The zero-order valence-corrected chi connectivity index (χ0v) is 16.9. The normalized spacial score (nSPS) is 19.0. The molecule has 0 N–H and O–H groups in total. The van der Waals surface area contributed by atoms with E-state index < -0.39 is 37.4 Å². The molecule has 162 valence electrons. The molecule has 4 rings (SSSR count). The molecule has 1 aliphatic heterocycles. The van der Waals surface area contributed by atoms with Gasteiger partial charge in [0, 0.05) is 6.16 Å². The fourth-order valence-electron chi connectivity index (χ4n) is 3.98. The van der Waals surface area contributed by atoms with Gasteiger partial charge in [-0.2, -0.15) is 26.3 Å². The fraction of sp³-hybridized carbons (Fsp3) is 0.217. The van der Waals surface area contributed by atoms with Crippen LogP contribution in [0.2, 0.25) is 0 Å². The minimum absolute atomic E-state index is 0.580. The van der Waals surface area contributed by atoms with Gasteiger partial charge in [0.05, 0.1) is 13.3 Å². The van der Waals surface area contributed by atoms with Gasteiger partial charge in [0.15, 0.2) is 0 Å². The molecule has 0 radical (unpaired) electrons. The molecule has 31 heavy (non-hydrogen) atoms. The molecule has 0 saturated carbocycles. The van der Waals surface area contributed by atoms with Gasteiger partial charge in [-0.05, 0) is 16.7 Å². The zero-order valence-electron chi connectivity index (χ0n) is 16.0. The summed E-state index contributed by atoms with van der Waals surface area (Å²) >= 11 is 0. The van der Waals surface area contributed by atoms with Crippen molar-refractivity contribution >= 4 is 8.15 Å². The highest BCUT2D eigenvalue weighted by molar-refractivity contribution is 7.56. The van der Waals surface area contributed by atoms with Gasteiger partial charge >= 0.3 is 12.4 Å². The largest absolute Gasteiger partial charge is 0.427 e. The summed E-state index contributed by atoms with van der Waals surface area (Å²) in [5, 5.41) is -1.29. The molecule has 3 aromatic carbocycles. The van der Waals surface area contributed by atoms with Crippen molar-refractivity contribution in [3.05, 3.63) is 108 Å². The molecule has 1 fully saturated rings. The second kappa shape index (κ2) is 7.64. The van der Waals surface area contributed by atoms with Gasteiger partial charge in [-0.1, -0.05) is 91.0 Å². The predicted octanol–water partition coefficient (Wildman–Crippen LogP) is 7.27. The number of benzene rings is 3. The highest BCUT2D eigenvalue weighted by Crippen LogP contribution is 2.76. The van der Waals surface area contributed by atoms with Crippen LogP contribution in [0.5, 0.6) is 0 Å². The van der Waals surface area contributed by atoms with E-state index in [1.807, 2.05) is 0 Å². The Morgan fingerprint density at radius 1 is 0.581 bits per heavy atom.